The number of carbonyl (C=O) groups excluding carboxylic acids is 1. The predicted molar refractivity (Wildman–Crippen MR) is 97.8 cm³/mol. The van der Waals surface area contributed by atoms with E-state index in [9.17, 15) is 9.90 Å². The first-order chi connectivity index (χ1) is 11.9. The SMILES string of the molecule is Cn1ccnc1C(O)C1CCCN(C(=O)CC2CCC(C)(C)CC2)C1. The van der Waals surface area contributed by atoms with Crippen LogP contribution in [-0.2, 0) is 11.8 Å². The second-order valence-corrected chi connectivity index (χ2v) is 8.89. The number of likely N-dealkylation sites (tertiary alicyclic amines) is 1. The molecule has 2 heterocycles. The van der Waals surface area contributed by atoms with E-state index in [0.29, 0.717) is 30.1 Å². The minimum absolute atomic E-state index is 0.0871. The number of aliphatic hydroxyl groups excluding tert-OH is 1. The third kappa shape index (κ3) is 4.43. The molecule has 1 aliphatic carbocycles. The molecule has 2 atom stereocenters. The number of amides is 1. The number of nitrogens with zero attached hydrogens (tertiary/aromatic N) is 3. The Bertz CT molecular complexity index is 586. The van der Waals surface area contributed by atoms with Crippen molar-refractivity contribution in [3.8, 4) is 0 Å². The zero-order chi connectivity index (χ0) is 18.0. The maximum atomic E-state index is 12.8. The van der Waals surface area contributed by atoms with E-state index >= 15 is 0 Å². The first-order valence-electron chi connectivity index (χ1n) is 9.79. The minimum Gasteiger partial charge on any atom is -0.385 e. The summed E-state index contributed by atoms with van der Waals surface area (Å²) in [5.74, 6) is 1.61. The van der Waals surface area contributed by atoms with Crippen molar-refractivity contribution >= 4 is 5.91 Å². The van der Waals surface area contributed by atoms with Crippen LogP contribution in [-0.4, -0.2) is 38.6 Å². The predicted octanol–water partition coefficient (Wildman–Crippen LogP) is 3.30. The summed E-state index contributed by atoms with van der Waals surface area (Å²) in [7, 11) is 1.90. The summed E-state index contributed by atoms with van der Waals surface area (Å²) in [6, 6.07) is 0. The molecule has 2 unspecified atom stereocenters. The lowest BCUT2D eigenvalue weighted by molar-refractivity contribution is -0.135. The van der Waals surface area contributed by atoms with Crippen LogP contribution in [0.1, 0.15) is 70.7 Å². The van der Waals surface area contributed by atoms with E-state index in [1.165, 1.54) is 25.7 Å². The van der Waals surface area contributed by atoms with Crippen LogP contribution in [0.5, 0.6) is 0 Å². The van der Waals surface area contributed by atoms with Crippen LogP contribution in [0.2, 0.25) is 0 Å². The number of imidazole rings is 1. The Kier molecular flexibility index (Phi) is 5.52. The number of piperidine rings is 1. The molecule has 0 spiro atoms. The maximum absolute atomic E-state index is 12.8. The smallest absolute Gasteiger partial charge is 0.222 e. The lowest BCUT2D eigenvalue weighted by atomic mass is 9.72. The molecular weight excluding hydrogens is 314 g/mol. The highest BCUT2D eigenvalue weighted by Crippen LogP contribution is 2.39. The van der Waals surface area contributed by atoms with Crippen molar-refractivity contribution < 1.29 is 9.90 Å². The van der Waals surface area contributed by atoms with Crippen molar-refractivity contribution in [2.24, 2.45) is 24.3 Å². The Morgan fingerprint density at radius 1 is 1.36 bits per heavy atom. The van der Waals surface area contributed by atoms with Crippen molar-refractivity contribution in [3.63, 3.8) is 0 Å². The molecule has 1 saturated carbocycles. The zero-order valence-corrected chi connectivity index (χ0v) is 15.9. The van der Waals surface area contributed by atoms with Crippen molar-refractivity contribution in [3.05, 3.63) is 18.2 Å². The van der Waals surface area contributed by atoms with E-state index in [1.54, 1.807) is 6.20 Å². The Balaban J connectivity index is 1.54. The Morgan fingerprint density at radius 2 is 2.08 bits per heavy atom. The van der Waals surface area contributed by atoms with Crippen LogP contribution in [0.25, 0.3) is 0 Å². The lowest BCUT2D eigenvalue weighted by Crippen LogP contribution is -2.42. The van der Waals surface area contributed by atoms with Crippen LogP contribution < -0.4 is 0 Å². The molecule has 25 heavy (non-hydrogen) atoms. The summed E-state index contributed by atoms with van der Waals surface area (Å²) in [5, 5.41) is 10.7. The molecule has 0 bridgehead atoms. The van der Waals surface area contributed by atoms with Crippen molar-refractivity contribution in [1.29, 1.82) is 0 Å². The van der Waals surface area contributed by atoms with Gasteiger partial charge in [-0.25, -0.2) is 4.98 Å². The zero-order valence-electron chi connectivity index (χ0n) is 15.9. The molecule has 1 aromatic heterocycles. The van der Waals surface area contributed by atoms with Crippen LogP contribution in [0.3, 0.4) is 0 Å². The van der Waals surface area contributed by atoms with Gasteiger partial charge >= 0.3 is 0 Å². The second-order valence-electron chi connectivity index (χ2n) is 8.89. The molecule has 1 aliphatic heterocycles. The summed E-state index contributed by atoms with van der Waals surface area (Å²) in [4.78, 5) is 19.0. The van der Waals surface area contributed by atoms with Crippen LogP contribution in [0, 0.1) is 17.3 Å². The summed E-state index contributed by atoms with van der Waals surface area (Å²) in [5.41, 5.74) is 0.446. The molecular formula is C20H33N3O2. The van der Waals surface area contributed by atoms with Gasteiger partial charge in [0.15, 0.2) is 0 Å². The van der Waals surface area contributed by atoms with E-state index in [1.807, 2.05) is 22.7 Å². The summed E-state index contributed by atoms with van der Waals surface area (Å²) < 4.78 is 1.87. The molecule has 3 rings (SSSR count). The standard InChI is InChI=1S/C20H33N3O2/c1-20(2)8-6-15(7-9-20)13-17(24)23-11-4-5-16(14-23)18(25)19-21-10-12-22(19)3/h10,12,15-16,18,25H,4-9,11,13-14H2,1-3H3. The Hall–Kier alpha value is -1.36. The van der Waals surface area contributed by atoms with E-state index in [0.717, 1.165) is 19.4 Å². The molecule has 0 radical (unpaired) electrons. The number of aromatic nitrogens is 2. The molecule has 1 saturated heterocycles. The third-order valence-electron chi connectivity index (χ3n) is 6.30. The molecule has 0 aromatic carbocycles. The highest BCUT2D eigenvalue weighted by atomic mass is 16.3. The van der Waals surface area contributed by atoms with Crippen LogP contribution >= 0.6 is 0 Å². The molecule has 2 fully saturated rings. The summed E-state index contributed by atoms with van der Waals surface area (Å²) in [6.45, 7) is 6.16. The number of aliphatic hydroxyl groups is 1. The van der Waals surface area contributed by atoms with Crippen molar-refractivity contribution in [2.45, 2.75) is 64.9 Å². The van der Waals surface area contributed by atoms with Gasteiger partial charge in [0.05, 0.1) is 0 Å². The highest BCUT2D eigenvalue weighted by molar-refractivity contribution is 5.76. The second kappa shape index (κ2) is 7.48. The van der Waals surface area contributed by atoms with E-state index in [4.69, 9.17) is 0 Å². The van der Waals surface area contributed by atoms with Gasteiger partial charge in [-0.1, -0.05) is 13.8 Å². The van der Waals surface area contributed by atoms with Gasteiger partial charge in [-0.2, -0.15) is 0 Å². The number of carbonyl (C=O) groups is 1. The molecule has 1 amide bonds. The van der Waals surface area contributed by atoms with E-state index in [2.05, 4.69) is 18.8 Å². The summed E-state index contributed by atoms with van der Waals surface area (Å²) in [6.07, 6.45) is 10.4. The molecule has 1 aromatic rings. The Morgan fingerprint density at radius 3 is 2.72 bits per heavy atom. The largest absolute Gasteiger partial charge is 0.385 e. The third-order valence-corrected chi connectivity index (χ3v) is 6.30. The van der Waals surface area contributed by atoms with Gasteiger partial charge in [-0.15, -0.1) is 0 Å². The number of hydrogen-bond donors (Lipinski definition) is 1. The van der Waals surface area contributed by atoms with Gasteiger partial charge < -0.3 is 14.6 Å². The number of aryl methyl sites for hydroxylation is 1. The van der Waals surface area contributed by atoms with Gasteiger partial charge in [0.25, 0.3) is 0 Å². The molecule has 140 valence electrons. The maximum Gasteiger partial charge on any atom is 0.222 e. The number of hydrogen-bond acceptors (Lipinski definition) is 3. The molecule has 2 aliphatic rings. The molecule has 1 N–H and O–H groups in total. The fourth-order valence-electron chi connectivity index (χ4n) is 4.41. The van der Waals surface area contributed by atoms with Gasteiger partial charge in [0.1, 0.15) is 11.9 Å². The highest BCUT2D eigenvalue weighted by Gasteiger charge is 2.33. The van der Waals surface area contributed by atoms with E-state index in [-0.39, 0.29) is 11.8 Å². The quantitative estimate of drug-likeness (QED) is 0.909. The number of rotatable bonds is 4. The normalized spacial score (nSPS) is 25.8. The topological polar surface area (TPSA) is 58.4 Å². The van der Waals surface area contributed by atoms with Crippen LogP contribution in [0.15, 0.2) is 12.4 Å². The average molecular weight is 348 g/mol. The fourth-order valence-corrected chi connectivity index (χ4v) is 4.41. The van der Waals surface area contributed by atoms with Crippen molar-refractivity contribution in [1.82, 2.24) is 14.5 Å². The summed E-state index contributed by atoms with van der Waals surface area (Å²) >= 11 is 0. The average Bonchev–Trinajstić information content (AvgIpc) is 3.02. The van der Waals surface area contributed by atoms with Gasteiger partial charge in [0.2, 0.25) is 5.91 Å². The lowest BCUT2D eigenvalue weighted by Gasteiger charge is -2.37. The molecule has 5 heteroatoms. The van der Waals surface area contributed by atoms with Gasteiger partial charge in [-0.3, -0.25) is 4.79 Å². The monoisotopic (exact) mass is 347 g/mol. The van der Waals surface area contributed by atoms with Gasteiger partial charge in [-0.05, 0) is 49.9 Å². The van der Waals surface area contributed by atoms with Crippen LogP contribution in [0.4, 0.5) is 0 Å². The first-order valence-corrected chi connectivity index (χ1v) is 9.79. The van der Waals surface area contributed by atoms with Crippen molar-refractivity contribution in [2.75, 3.05) is 13.1 Å². The van der Waals surface area contributed by atoms with Gasteiger partial charge in [0, 0.05) is 44.9 Å². The van der Waals surface area contributed by atoms with E-state index < -0.39 is 6.10 Å². The molecule has 5 nitrogen and oxygen atoms in total. The Labute approximate surface area is 151 Å². The fraction of sp³-hybridized carbons (Fsp3) is 0.800. The minimum atomic E-state index is -0.592. The first kappa shape index (κ1) is 18.4.